The number of benzene rings is 3. The van der Waals surface area contributed by atoms with Crippen molar-refractivity contribution in [1.29, 1.82) is 0 Å². The van der Waals surface area contributed by atoms with Crippen molar-refractivity contribution in [1.82, 2.24) is 0 Å². The van der Waals surface area contributed by atoms with Gasteiger partial charge in [0.1, 0.15) is 17.5 Å². The minimum Gasteiger partial charge on any atom is -0.491 e. The number of halogens is 7. The van der Waals surface area contributed by atoms with Crippen LogP contribution in [0.2, 0.25) is 0 Å². The summed E-state index contributed by atoms with van der Waals surface area (Å²) in [5, 5.41) is 0. The number of ether oxygens (including phenoxy) is 1. The van der Waals surface area contributed by atoms with Gasteiger partial charge in [-0.25, -0.2) is 17.6 Å². The molecule has 3 aromatic carbocycles. The van der Waals surface area contributed by atoms with Gasteiger partial charge in [-0.3, -0.25) is 0 Å². The van der Waals surface area contributed by atoms with Gasteiger partial charge in [-0.05, 0) is 60.0 Å². The van der Waals surface area contributed by atoms with E-state index in [0.29, 0.717) is 6.08 Å². The third kappa shape index (κ3) is 5.25. The molecule has 8 heteroatoms. The molecule has 0 aliphatic carbocycles. The first-order chi connectivity index (χ1) is 14.6. The molecule has 31 heavy (non-hydrogen) atoms. The van der Waals surface area contributed by atoms with Crippen molar-refractivity contribution in [3.05, 3.63) is 83.4 Å². The maximum atomic E-state index is 14.7. The molecule has 162 valence electrons. The topological polar surface area (TPSA) is 9.23 Å². The zero-order chi connectivity index (χ0) is 22.8. The highest BCUT2D eigenvalue weighted by atomic mass is 19.4. The van der Waals surface area contributed by atoms with E-state index in [0.717, 1.165) is 24.3 Å². The molecule has 0 aromatic heterocycles. The lowest BCUT2D eigenvalue weighted by molar-refractivity contribution is -0.0790. The average molecular weight is 440 g/mol. The van der Waals surface area contributed by atoms with E-state index in [1.54, 1.807) is 6.92 Å². The summed E-state index contributed by atoms with van der Waals surface area (Å²) in [6, 6.07) is 9.23. The van der Waals surface area contributed by atoms with E-state index in [4.69, 9.17) is 4.74 Å². The fourth-order valence-electron chi connectivity index (χ4n) is 2.96. The van der Waals surface area contributed by atoms with Crippen molar-refractivity contribution in [2.75, 3.05) is 6.61 Å². The Morgan fingerprint density at radius 1 is 0.742 bits per heavy atom. The lowest BCUT2D eigenvalue weighted by atomic mass is 9.98. The first-order valence-corrected chi connectivity index (χ1v) is 9.06. The first kappa shape index (κ1) is 22.4. The molecule has 0 fully saturated rings. The summed E-state index contributed by atoms with van der Waals surface area (Å²) in [4.78, 5) is 0. The second kappa shape index (κ2) is 8.83. The fraction of sp³-hybridized carbons (Fsp3) is 0.130. The Hall–Kier alpha value is -3.29. The molecule has 0 atom stereocenters. The van der Waals surface area contributed by atoms with E-state index in [9.17, 15) is 30.7 Å². The zero-order valence-corrected chi connectivity index (χ0v) is 16.0. The standard InChI is InChI=1S/C23H15F7O/c1-2-31-22-6-4-14(10-21(22)27)16-5-3-13(9-18(16)24)15-11-19(25)17(20(26)12-15)7-8-23(28,29)30/h3-12H,2H2,1H3. The Kier molecular flexibility index (Phi) is 6.38. The molecule has 0 N–H and O–H groups in total. The predicted octanol–water partition coefficient (Wildman–Crippen LogP) is 7.55. The normalized spacial score (nSPS) is 11.9. The fourth-order valence-corrected chi connectivity index (χ4v) is 2.96. The minimum absolute atomic E-state index is 0.0221. The number of hydrogen-bond acceptors (Lipinski definition) is 1. The molecule has 0 spiro atoms. The Morgan fingerprint density at radius 2 is 1.32 bits per heavy atom. The smallest absolute Gasteiger partial charge is 0.409 e. The Labute approximate surface area is 173 Å². The van der Waals surface area contributed by atoms with Gasteiger partial charge in [0.25, 0.3) is 0 Å². The van der Waals surface area contributed by atoms with Crippen LogP contribution in [0.3, 0.4) is 0 Å². The number of allylic oxidation sites excluding steroid dienone is 1. The Balaban J connectivity index is 1.95. The van der Waals surface area contributed by atoms with Crippen LogP contribution in [0.5, 0.6) is 5.75 Å². The summed E-state index contributed by atoms with van der Waals surface area (Å²) in [6.45, 7) is 1.95. The van der Waals surface area contributed by atoms with Crippen molar-refractivity contribution in [3.63, 3.8) is 0 Å². The van der Waals surface area contributed by atoms with E-state index in [1.165, 1.54) is 24.3 Å². The molecule has 3 aromatic rings. The van der Waals surface area contributed by atoms with Crippen LogP contribution in [0, 0.1) is 23.3 Å². The molecular formula is C23H15F7O. The average Bonchev–Trinajstić information content (AvgIpc) is 2.68. The van der Waals surface area contributed by atoms with Gasteiger partial charge in [-0.2, -0.15) is 13.2 Å². The highest BCUT2D eigenvalue weighted by molar-refractivity contribution is 5.72. The lowest BCUT2D eigenvalue weighted by Crippen LogP contribution is -2.01. The van der Waals surface area contributed by atoms with Crippen molar-refractivity contribution in [2.24, 2.45) is 0 Å². The van der Waals surface area contributed by atoms with Crippen LogP contribution in [0.15, 0.2) is 54.6 Å². The number of alkyl halides is 3. The van der Waals surface area contributed by atoms with Crippen molar-refractivity contribution in [3.8, 4) is 28.0 Å². The van der Waals surface area contributed by atoms with Gasteiger partial charge < -0.3 is 4.74 Å². The number of hydrogen-bond donors (Lipinski definition) is 0. The second-order valence-electron chi connectivity index (χ2n) is 6.50. The molecular weight excluding hydrogens is 425 g/mol. The van der Waals surface area contributed by atoms with Crippen LogP contribution in [-0.2, 0) is 0 Å². The second-order valence-corrected chi connectivity index (χ2v) is 6.50. The summed E-state index contributed by atoms with van der Waals surface area (Å²) in [6.07, 6.45) is -4.71. The summed E-state index contributed by atoms with van der Waals surface area (Å²) in [5.74, 6) is -3.88. The van der Waals surface area contributed by atoms with Crippen molar-refractivity contribution in [2.45, 2.75) is 13.1 Å². The molecule has 0 aliphatic rings. The van der Waals surface area contributed by atoms with Crippen molar-refractivity contribution < 1.29 is 35.5 Å². The van der Waals surface area contributed by atoms with Crippen LogP contribution in [0.1, 0.15) is 12.5 Å². The van der Waals surface area contributed by atoms with Gasteiger partial charge in [-0.15, -0.1) is 0 Å². The highest BCUT2D eigenvalue weighted by Gasteiger charge is 2.23. The third-order valence-corrected chi connectivity index (χ3v) is 4.36. The molecule has 0 amide bonds. The summed E-state index contributed by atoms with van der Waals surface area (Å²) < 4.78 is 98.9. The molecule has 0 unspecified atom stereocenters. The van der Waals surface area contributed by atoms with E-state index in [-0.39, 0.29) is 40.7 Å². The number of rotatable bonds is 5. The minimum atomic E-state index is -4.73. The molecule has 3 rings (SSSR count). The van der Waals surface area contributed by atoms with Crippen molar-refractivity contribution >= 4 is 6.08 Å². The quantitative estimate of drug-likeness (QED) is 0.372. The van der Waals surface area contributed by atoms with Gasteiger partial charge in [0.05, 0.1) is 6.61 Å². The van der Waals surface area contributed by atoms with E-state index >= 15 is 0 Å². The largest absolute Gasteiger partial charge is 0.491 e. The molecule has 1 nitrogen and oxygen atoms in total. The molecule has 0 heterocycles. The van der Waals surface area contributed by atoms with Gasteiger partial charge in [0.15, 0.2) is 11.6 Å². The van der Waals surface area contributed by atoms with Crippen LogP contribution < -0.4 is 4.74 Å². The molecule has 0 radical (unpaired) electrons. The predicted molar refractivity (Wildman–Crippen MR) is 103 cm³/mol. The summed E-state index contributed by atoms with van der Waals surface area (Å²) in [5.41, 5.74) is -0.548. The Morgan fingerprint density at radius 3 is 1.87 bits per heavy atom. The monoisotopic (exact) mass is 440 g/mol. The molecule has 0 saturated heterocycles. The molecule has 0 aliphatic heterocycles. The maximum absolute atomic E-state index is 14.7. The maximum Gasteiger partial charge on any atom is 0.409 e. The van der Waals surface area contributed by atoms with Crippen LogP contribution in [0.4, 0.5) is 30.7 Å². The van der Waals surface area contributed by atoms with Gasteiger partial charge >= 0.3 is 6.18 Å². The van der Waals surface area contributed by atoms with Crippen LogP contribution in [-0.4, -0.2) is 12.8 Å². The summed E-state index contributed by atoms with van der Waals surface area (Å²) in [7, 11) is 0. The highest BCUT2D eigenvalue weighted by Crippen LogP contribution is 2.32. The van der Waals surface area contributed by atoms with Gasteiger partial charge in [-0.1, -0.05) is 18.2 Å². The summed E-state index contributed by atoms with van der Waals surface area (Å²) >= 11 is 0. The van der Waals surface area contributed by atoms with E-state index in [2.05, 4.69) is 0 Å². The first-order valence-electron chi connectivity index (χ1n) is 9.06. The van der Waals surface area contributed by atoms with E-state index < -0.39 is 35.0 Å². The van der Waals surface area contributed by atoms with Gasteiger partial charge in [0.2, 0.25) is 0 Å². The van der Waals surface area contributed by atoms with Crippen LogP contribution in [0.25, 0.3) is 28.3 Å². The van der Waals surface area contributed by atoms with Gasteiger partial charge in [0, 0.05) is 17.2 Å². The molecule has 0 saturated carbocycles. The SMILES string of the molecule is CCOc1ccc(-c2ccc(-c3cc(F)c(C=CC(F)(F)F)c(F)c3)cc2F)cc1F. The zero-order valence-electron chi connectivity index (χ0n) is 16.0. The van der Waals surface area contributed by atoms with Crippen LogP contribution >= 0.6 is 0 Å². The van der Waals surface area contributed by atoms with E-state index in [1.807, 2.05) is 0 Å². The lowest BCUT2D eigenvalue weighted by Gasteiger charge is -2.10. The molecule has 0 bridgehead atoms. The third-order valence-electron chi connectivity index (χ3n) is 4.36. The Bertz CT molecular complexity index is 1110.